The molecule has 1 amide bonds. The van der Waals surface area contributed by atoms with Crippen LogP contribution in [0.4, 0.5) is 15.8 Å². The van der Waals surface area contributed by atoms with Crippen molar-refractivity contribution in [1.82, 2.24) is 0 Å². The Labute approximate surface area is 116 Å². The summed E-state index contributed by atoms with van der Waals surface area (Å²) in [4.78, 5) is 11.9. The van der Waals surface area contributed by atoms with Crippen LogP contribution in [0.25, 0.3) is 0 Å². The standard InChI is InChI=1S/C15H15FN2O2/c1-10(20-12-5-3-2-4-6-12)15(19)18-14-9-11(17)7-8-13(14)16/h2-10H,17H2,1H3,(H,18,19)/t10-/m0/s1. The smallest absolute Gasteiger partial charge is 0.265 e. The summed E-state index contributed by atoms with van der Waals surface area (Å²) >= 11 is 0. The first-order chi connectivity index (χ1) is 9.56. The Balaban J connectivity index is 2.02. The molecule has 0 aromatic heterocycles. The Morgan fingerprint density at radius 1 is 1.25 bits per heavy atom. The lowest BCUT2D eigenvalue weighted by molar-refractivity contribution is -0.122. The van der Waals surface area contributed by atoms with E-state index in [9.17, 15) is 9.18 Å². The third-order valence-corrected chi connectivity index (χ3v) is 2.67. The van der Waals surface area contributed by atoms with Crippen molar-refractivity contribution in [2.75, 3.05) is 11.1 Å². The van der Waals surface area contributed by atoms with Gasteiger partial charge in [0, 0.05) is 5.69 Å². The van der Waals surface area contributed by atoms with Crippen LogP contribution in [0.2, 0.25) is 0 Å². The van der Waals surface area contributed by atoms with E-state index in [4.69, 9.17) is 10.5 Å². The zero-order chi connectivity index (χ0) is 14.5. The Morgan fingerprint density at radius 2 is 1.95 bits per heavy atom. The van der Waals surface area contributed by atoms with Crippen molar-refractivity contribution >= 4 is 17.3 Å². The van der Waals surface area contributed by atoms with Gasteiger partial charge >= 0.3 is 0 Å². The maximum atomic E-state index is 13.5. The third-order valence-electron chi connectivity index (χ3n) is 2.67. The summed E-state index contributed by atoms with van der Waals surface area (Å²) in [7, 11) is 0. The molecule has 0 saturated carbocycles. The highest BCUT2D eigenvalue weighted by Crippen LogP contribution is 2.18. The molecular formula is C15H15FN2O2. The predicted molar refractivity (Wildman–Crippen MR) is 76.0 cm³/mol. The van der Waals surface area contributed by atoms with Crippen LogP contribution in [0, 0.1) is 5.82 Å². The van der Waals surface area contributed by atoms with Gasteiger partial charge in [0.15, 0.2) is 6.10 Å². The highest BCUT2D eigenvalue weighted by atomic mass is 19.1. The van der Waals surface area contributed by atoms with Crippen molar-refractivity contribution in [3.63, 3.8) is 0 Å². The normalized spacial score (nSPS) is 11.7. The monoisotopic (exact) mass is 274 g/mol. The molecule has 2 aromatic rings. The fourth-order valence-corrected chi connectivity index (χ4v) is 1.63. The van der Waals surface area contributed by atoms with Crippen molar-refractivity contribution in [3.05, 3.63) is 54.3 Å². The summed E-state index contributed by atoms with van der Waals surface area (Å²) in [6, 6.07) is 12.9. The lowest BCUT2D eigenvalue weighted by Crippen LogP contribution is -2.30. The van der Waals surface area contributed by atoms with Crippen LogP contribution < -0.4 is 15.8 Å². The second-order valence-corrected chi connectivity index (χ2v) is 4.30. The largest absolute Gasteiger partial charge is 0.481 e. The Kier molecular flexibility index (Phi) is 4.20. The average molecular weight is 274 g/mol. The van der Waals surface area contributed by atoms with Gasteiger partial charge in [-0.25, -0.2) is 4.39 Å². The van der Waals surface area contributed by atoms with E-state index in [-0.39, 0.29) is 5.69 Å². The van der Waals surface area contributed by atoms with Gasteiger partial charge in [0.2, 0.25) is 0 Å². The summed E-state index contributed by atoms with van der Waals surface area (Å²) < 4.78 is 19.0. The molecule has 0 aliphatic heterocycles. The summed E-state index contributed by atoms with van der Waals surface area (Å²) in [6.45, 7) is 1.59. The number of anilines is 2. The van der Waals surface area contributed by atoms with Gasteiger partial charge in [-0.2, -0.15) is 0 Å². The number of amides is 1. The fraction of sp³-hybridized carbons (Fsp3) is 0.133. The Bertz CT molecular complexity index is 602. The second-order valence-electron chi connectivity index (χ2n) is 4.30. The van der Waals surface area contributed by atoms with Gasteiger partial charge in [-0.1, -0.05) is 18.2 Å². The van der Waals surface area contributed by atoms with Gasteiger partial charge in [0.1, 0.15) is 11.6 Å². The fourth-order valence-electron chi connectivity index (χ4n) is 1.63. The molecule has 0 radical (unpaired) electrons. The van der Waals surface area contributed by atoms with Gasteiger partial charge < -0.3 is 15.8 Å². The van der Waals surface area contributed by atoms with Gasteiger partial charge in [-0.3, -0.25) is 4.79 Å². The molecule has 1 atom stereocenters. The minimum Gasteiger partial charge on any atom is -0.481 e. The maximum Gasteiger partial charge on any atom is 0.265 e. The van der Waals surface area contributed by atoms with Crippen molar-refractivity contribution in [3.8, 4) is 5.75 Å². The molecule has 2 rings (SSSR count). The van der Waals surface area contributed by atoms with Gasteiger partial charge in [-0.15, -0.1) is 0 Å². The summed E-state index contributed by atoms with van der Waals surface area (Å²) in [5.41, 5.74) is 5.97. The molecule has 0 heterocycles. The van der Waals surface area contributed by atoms with E-state index >= 15 is 0 Å². The number of carbonyl (C=O) groups excluding carboxylic acids is 1. The molecule has 0 unspecified atom stereocenters. The molecule has 4 nitrogen and oxygen atoms in total. The summed E-state index contributed by atoms with van der Waals surface area (Å²) in [5, 5.41) is 2.45. The Morgan fingerprint density at radius 3 is 2.65 bits per heavy atom. The number of nitrogens with two attached hydrogens (primary N) is 1. The first-order valence-electron chi connectivity index (χ1n) is 6.14. The molecular weight excluding hydrogens is 259 g/mol. The van der Waals surface area contributed by atoms with Crippen LogP contribution in [0.1, 0.15) is 6.92 Å². The van der Waals surface area contributed by atoms with Gasteiger partial charge in [-0.05, 0) is 37.3 Å². The zero-order valence-electron chi connectivity index (χ0n) is 11.0. The number of nitrogen functional groups attached to an aromatic ring is 1. The molecule has 5 heteroatoms. The van der Waals surface area contributed by atoms with E-state index in [1.54, 1.807) is 31.2 Å². The van der Waals surface area contributed by atoms with Crippen LogP contribution in [-0.4, -0.2) is 12.0 Å². The number of benzene rings is 2. The molecule has 0 saturated heterocycles. The number of ether oxygens (including phenoxy) is 1. The molecule has 0 bridgehead atoms. The van der Waals surface area contributed by atoms with Gasteiger partial charge in [0.25, 0.3) is 5.91 Å². The maximum absolute atomic E-state index is 13.5. The first-order valence-corrected chi connectivity index (χ1v) is 6.14. The minimum atomic E-state index is -0.752. The van der Waals surface area contributed by atoms with Crippen LogP contribution >= 0.6 is 0 Å². The number of nitrogens with one attached hydrogen (secondary N) is 1. The van der Waals surface area contributed by atoms with Crippen LogP contribution in [0.5, 0.6) is 5.75 Å². The molecule has 0 aliphatic carbocycles. The molecule has 0 aliphatic rings. The second kappa shape index (κ2) is 6.06. The highest BCUT2D eigenvalue weighted by Gasteiger charge is 2.16. The highest BCUT2D eigenvalue weighted by molar-refractivity contribution is 5.94. The number of hydrogen-bond donors (Lipinski definition) is 2. The first kappa shape index (κ1) is 13.9. The lowest BCUT2D eigenvalue weighted by Gasteiger charge is -2.15. The quantitative estimate of drug-likeness (QED) is 0.843. The summed E-state index contributed by atoms with van der Waals surface area (Å²) in [5.74, 6) is -0.416. The molecule has 20 heavy (non-hydrogen) atoms. The van der Waals surface area contributed by atoms with E-state index < -0.39 is 17.8 Å². The molecule has 3 N–H and O–H groups in total. The van der Waals surface area contributed by atoms with Crippen LogP contribution in [-0.2, 0) is 4.79 Å². The van der Waals surface area contributed by atoms with E-state index in [0.717, 1.165) is 0 Å². The van der Waals surface area contributed by atoms with Crippen molar-refractivity contribution in [1.29, 1.82) is 0 Å². The minimum absolute atomic E-state index is 0.0403. The number of rotatable bonds is 4. The van der Waals surface area contributed by atoms with E-state index in [2.05, 4.69) is 5.32 Å². The van der Waals surface area contributed by atoms with E-state index in [1.807, 2.05) is 6.07 Å². The van der Waals surface area contributed by atoms with Crippen LogP contribution in [0.3, 0.4) is 0 Å². The topological polar surface area (TPSA) is 64.3 Å². The van der Waals surface area contributed by atoms with Crippen molar-refractivity contribution in [2.45, 2.75) is 13.0 Å². The van der Waals surface area contributed by atoms with Crippen molar-refractivity contribution in [2.24, 2.45) is 0 Å². The van der Waals surface area contributed by atoms with Crippen molar-refractivity contribution < 1.29 is 13.9 Å². The summed E-state index contributed by atoms with van der Waals surface area (Å²) in [6.07, 6.45) is -0.752. The number of para-hydroxylation sites is 1. The third kappa shape index (κ3) is 3.47. The molecule has 2 aromatic carbocycles. The van der Waals surface area contributed by atoms with E-state index in [0.29, 0.717) is 11.4 Å². The Hall–Kier alpha value is -2.56. The average Bonchev–Trinajstić information content (AvgIpc) is 2.44. The molecule has 0 spiro atoms. The SMILES string of the molecule is C[C@H](Oc1ccccc1)C(=O)Nc1cc(N)ccc1F. The predicted octanol–water partition coefficient (Wildman–Crippen LogP) is 2.81. The molecule has 104 valence electrons. The van der Waals surface area contributed by atoms with Gasteiger partial charge in [0.05, 0.1) is 5.69 Å². The lowest BCUT2D eigenvalue weighted by atomic mass is 10.2. The number of hydrogen-bond acceptors (Lipinski definition) is 3. The number of carbonyl (C=O) groups is 1. The van der Waals surface area contributed by atoms with E-state index in [1.165, 1.54) is 18.2 Å². The van der Waals surface area contributed by atoms with Crippen LogP contribution in [0.15, 0.2) is 48.5 Å². The molecule has 0 fully saturated rings. The zero-order valence-corrected chi connectivity index (χ0v) is 11.0. The number of halogens is 1.